The lowest BCUT2D eigenvalue weighted by molar-refractivity contribution is -0.138. The van der Waals surface area contributed by atoms with Gasteiger partial charge in [0.05, 0.1) is 19.3 Å². The Morgan fingerprint density at radius 3 is 2.44 bits per heavy atom. The van der Waals surface area contributed by atoms with Gasteiger partial charge in [0.15, 0.2) is 0 Å². The second-order valence-electron chi connectivity index (χ2n) is 13.0. The summed E-state index contributed by atoms with van der Waals surface area (Å²) >= 11 is 0. The Balaban J connectivity index is 1.66. The lowest BCUT2D eigenvalue weighted by Crippen LogP contribution is -2.54. The quantitative estimate of drug-likeness (QED) is 0.456. The van der Waals surface area contributed by atoms with E-state index in [1.54, 1.807) is 0 Å². The van der Waals surface area contributed by atoms with E-state index in [4.69, 9.17) is 0 Å². The van der Waals surface area contributed by atoms with Crippen molar-refractivity contribution in [3.8, 4) is 0 Å². The van der Waals surface area contributed by atoms with Crippen LogP contribution in [0.15, 0.2) is 34.9 Å². The van der Waals surface area contributed by atoms with Crippen molar-refractivity contribution in [1.29, 1.82) is 0 Å². The Bertz CT molecular complexity index is 920. The van der Waals surface area contributed by atoms with Gasteiger partial charge in [-0.2, -0.15) is 0 Å². The fourth-order valence-electron chi connectivity index (χ4n) is 8.68. The van der Waals surface area contributed by atoms with Crippen molar-refractivity contribution in [3.63, 3.8) is 0 Å². The van der Waals surface area contributed by atoms with Gasteiger partial charge in [-0.05, 0) is 83.8 Å². The maximum Gasteiger partial charge on any atom is 0.138 e. The molecule has 4 aliphatic rings. The highest BCUT2D eigenvalue weighted by Crippen LogP contribution is 2.71. The van der Waals surface area contributed by atoms with Gasteiger partial charge in [0.2, 0.25) is 0 Å². The Kier molecular flexibility index (Phi) is 6.62. The zero-order valence-corrected chi connectivity index (χ0v) is 22.2. The van der Waals surface area contributed by atoms with E-state index in [0.29, 0.717) is 35.5 Å². The number of allylic oxidation sites excluding steroid dienone is 4. The third-order valence-corrected chi connectivity index (χ3v) is 11.3. The molecule has 3 N–H and O–H groups in total. The molecule has 0 spiro atoms. The molecule has 0 aliphatic heterocycles. The number of fused-ring (bicyclic) bond motifs is 5. The molecule has 7 atom stereocenters. The summed E-state index contributed by atoms with van der Waals surface area (Å²) in [6.45, 7) is 13.5. The molecular weight excluding hydrogens is 424 g/mol. The van der Waals surface area contributed by atoms with Crippen LogP contribution in [-0.2, 0) is 4.79 Å². The molecule has 34 heavy (non-hydrogen) atoms. The third-order valence-electron chi connectivity index (χ3n) is 11.3. The molecule has 4 nitrogen and oxygen atoms in total. The van der Waals surface area contributed by atoms with Crippen LogP contribution in [0.3, 0.4) is 0 Å². The maximum absolute atomic E-state index is 12.8. The van der Waals surface area contributed by atoms with Crippen molar-refractivity contribution in [2.24, 2.45) is 39.4 Å². The summed E-state index contributed by atoms with van der Waals surface area (Å²) in [6.07, 6.45) is 12.5. The minimum absolute atomic E-state index is 0.00889. The first-order chi connectivity index (χ1) is 15.9. The summed E-state index contributed by atoms with van der Waals surface area (Å²) in [5.41, 5.74) is 2.83. The van der Waals surface area contributed by atoms with Gasteiger partial charge in [0, 0.05) is 17.3 Å². The summed E-state index contributed by atoms with van der Waals surface area (Å²) in [7, 11) is 0. The zero-order chi connectivity index (χ0) is 25.1. The standard InChI is InChI=1S/C30H46O4/c1-19(8-7-9-20(17-31)18-32)23-16-26(34)30(6)22-10-11-24-27(2,3)25(33)13-14-28(24,4)21(22)12-15-29(23,30)5/h9-10,12,19,23-24,26,31-32,34H,7-8,11,13-18H2,1-6H3. The molecule has 0 saturated heterocycles. The summed E-state index contributed by atoms with van der Waals surface area (Å²) in [5.74, 6) is 1.55. The molecule has 2 saturated carbocycles. The van der Waals surface area contributed by atoms with Gasteiger partial charge in [-0.3, -0.25) is 4.79 Å². The molecule has 0 aromatic carbocycles. The number of aliphatic hydroxyl groups excluding tert-OH is 3. The van der Waals surface area contributed by atoms with Gasteiger partial charge >= 0.3 is 0 Å². The summed E-state index contributed by atoms with van der Waals surface area (Å²) in [5, 5.41) is 30.3. The summed E-state index contributed by atoms with van der Waals surface area (Å²) < 4.78 is 0. The molecule has 2 fully saturated rings. The minimum atomic E-state index is -0.376. The van der Waals surface area contributed by atoms with Gasteiger partial charge in [0.1, 0.15) is 5.78 Å². The van der Waals surface area contributed by atoms with E-state index in [9.17, 15) is 20.1 Å². The van der Waals surface area contributed by atoms with Gasteiger partial charge in [-0.1, -0.05) is 59.8 Å². The van der Waals surface area contributed by atoms with Crippen LogP contribution in [0.2, 0.25) is 0 Å². The van der Waals surface area contributed by atoms with Gasteiger partial charge < -0.3 is 15.3 Å². The first-order valence-electron chi connectivity index (χ1n) is 13.4. The lowest BCUT2D eigenvalue weighted by Gasteiger charge is -2.60. The second kappa shape index (κ2) is 8.71. The summed E-state index contributed by atoms with van der Waals surface area (Å²) in [6, 6.07) is 0. The average Bonchev–Trinajstić information content (AvgIpc) is 3.01. The van der Waals surface area contributed by atoms with Crippen molar-refractivity contribution in [1.82, 2.24) is 0 Å². The first kappa shape index (κ1) is 25.9. The van der Waals surface area contributed by atoms with Crippen LogP contribution in [-0.4, -0.2) is 40.4 Å². The highest BCUT2D eigenvalue weighted by atomic mass is 16.3. The topological polar surface area (TPSA) is 77.8 Å². The highest BCUT2D eigenvalue weighted by molar-refractivity contribution is 5.86. The fraction of sp³-hybridized carbons (Fsp3) is 0.767. The van der Waals surface area contributed by atoms with Crippen molar-refractivity contribution >= 4 is 5.78 Å². The van der Waals surface area contributed by atoms with Crippen LogP contribution in [0.1, 0.15) is 86.5 Å². The SMILES string of the molecule is CC(CCC=C(CO)CO)C1CC(O)C2(C)C3=CCC4C(C)(C)C(=O)CCC4(C)C3=CCC12C. The molecule has 0 aromatic heterocycles. The Morgan fingerprint density at radius 2 is 1.79 bits per heavy atom. The van der Waals surface area contributed by atoms with Crippen molar-refractivity contribution in [2.75, 3.05) is 13.2 Å². The number of hydrogen-bond acceptors (Lipinski definition) is 4. The molecule has 0 radical (unpaired) electrons. The molecule has 4 aliphatic carbocycles. The van der Waals surface area contributed by atoms with Crippen molar-refractivity contribution in [3.05, 3.63) is 34.9 Å². The second-order valence-corrected chi connectivity index (χ2v) is 13.0. The molecule has 4 heteroatoms. The minimum Gasteiger partial charge on any atom is -0.392 e. The molecule has 7 unspecified atom stereocenters. The Hall–Kier alpha value is -1.23. The van der Waals surface area contributed by atoms with Crippen LogP contribution in [0, 0.1) is 39.4 Å². The predicted octanol–water partition coefficient (Wildman–Crippen LogP) is 5.38. The van der Waals surface area contributed by atoms with Crippen LogP contribution in [0.4, 0.5) is 0 Å². The lowest BCUT2D eigenvalue weighted by atomic mass is 9.44. The average molecular weight is 471 g/mol. The summed E-state index contributed by atoms with van der Waals surface area (Å²) in [4.78, 5) is 12.8. The Labute approximate surface area is 206 Å². The normalized spacial score (nSPS) is 41.6. The van der Waals surface area contributed by atoms with Gasteiger partial charge in [-0.15, -0.1) is 0 Å². The predicted molar refractivity (Wildman–Crippen MR) is 136 cm³/mol. The zero-order valence-electron chi connectivity index (χ0n) is 22.2. The van der Waals surface area contributed by atoms with Crippen LogP contribution < -0.4 is 0 Å². The van der Waals surface area contributed by atoms with Gasteiger partial charge in [0.25, 0.3) is 0 Å². The molecule has 4 rings (SSSR count). The largest absolute Gasteiger partial charge is 0.392 e. The van der Waals surface area contributed by atoms with E-state index >= 15 is 0 Å². The van der Waals surface area contributed by atoms with Crippen LogP contribution >= 0.6 is 0 Å². The molecule has 190 valence electrons. The van der Waals surface area contributed by atoms with E-state index in [-0.39, 0.29) is 41.0 Å². The smallest absolute Gasteiger partial charge is 0.138 e. The number of carbonyl (C=O) groups excluding carboxylic acids is 1. The van der Waals surface area contributed by atoms with E-state index in [1.165, 1.54) is 11.1 Å². The first-order valence-corrected chi connectivity index (χ1v) is 13.4. The molecule has 0 heterocycles. The van der Waals surface area contributed by atoms with Crippen molar-refractivity contribution in [2.45, 2.75) is 92.6 Å². The van der Waals surface area contributed by atoms with E-state index in [1.807, 2.05) is 6.08 Å². The van der Waals surface area contributed by atoms with Gasteiger partial charge in [-0.25, -0.2) is 0 Å². The fourth-order valence-corrected chi connectivity index (χ4v) is 8.68. The van der Waals surface area contributed by atoms with Crippen molar-refractivity contribution < 1.29 is 20.1 Å². The van der Waals surface area contributed by atoms with E-state index in [0.717, 1.165) is 38.5 Å². The maximum atomic E-state index is 12.8. The highest BCUT2D eigenvalue weighted by Gasteiger charge is 2.66. The number of rotatable bonds is 6. The van der Waals surface area contributed by atoms with Crippen LogP contribution in [0.25, 0.3) is 0 Å². The van der Waals surface area contributed by atoms with E-state index < -0.39 is 0 Å². The number of carbonyl (C=O) groups is 1. The third kappa shape index (κ3) is 3.46. The monoisotopic (exact) mass is 470 g/mol. The van der Waals surface area contributed by atoms with E-state index in [2.05, 4.69) is 53.7 Å². The molecule has 0 amide bonds. The molecule has 0 bridgehead atoms. The molecular formula is C30H46O4. The molecule has 0 aromatic rings. The number of aliphatic hydroxyl groups is 3. The Morgan fingerprint density at radius 1 is 1.12 bits per heavy atom. The number of hydrogen-bond donors (Lipinski definition) is 3. The number of ketones is 1. The number of Topliss-reactive ketones (excluding diaryl/α,β-unsaturated/α-hetero) is 1. The van der Waals surface area contributed by atoms with Crippen LogP contribution in [0.5, 0.6) is 0 Å².